The summed E-state index contributed by atoms with van der Waals surface area (Å²) >= 11 is 3.13. The van der Waals surface area contributed by atoms with Gasteiger partial charge in [0.25, 0.3) is 0 Å². The normalized spacial score (nSPS) is 10.4. The molecule has 0 heterocycles. The van der Waals surface area contributed by atoms with Crippen molar-refractivity contribution >= 4 is 41.0 Å². The predicted molar refractivity (Wildman–Crippen MR) is 112 cm³/mol. The third-order valence-corrected chi connectivity index (χ3v) is 5.59. The predicted octanol–water partition coefficient (Wildman–Crippen LogP) is 4.05. The molecule has 138 valence electrons. The number of carbonyl (C=O) groups excluding carboxylic acids is 2. The number of benzene rings is 2. The van der Waals surface area contributed by atoms with Crippen LogP contribution in [0.3, 0.4) is 0 Å². The molecule has 0 radical (unpaired) electrons. The highest BCUT2D eigenvalue weighted by molar-refractivity contribution is 7.99. The van der Waals surface area contributed by atoms with Crippen LogP contribution in [0.4, 0.5) is 5.69 Å². The number of anilines is 1. The minimum Gasteiger partial charge on any atom is -0.336 e. The maximum absolute atomic E-state index is 12.2. The van der Waals surface area contributed by atoms with E-state index in [0.29, 0.717) is 5.75 Å². The Morgan fingerprint density at radius 2 is 1.77 bits per heavy atom. The molecule has 2 rings (SSSR count). The van der Waals surface area contributed by atoms with Crippen LogP contribution in [0.15, 0.2) is 53.4 Å². The van der Waals surface area contributed by atoms with Crippen LogP contribution in [0, 0.1) is 6.92 Å². The first-order valence-corrected chi connectivity index (χ1v) is 10.7. The van der Waals surface area contributed by atoms with Gasteiger partial charge >= 0.3 is 0 Å². The first-order chi connectivity index (χ1) is 12.5. The van der Waals surface area contributed by atoms with Crippen LogP contribution in [0.5, 0.6) is 0 Å². The van der Waals surface area contributed by atoms with Crippen LogP contribution in [-0.4, -0.2) is 42.3 Å². The van der Waals surface area contributed by atoms with Gasteiger partial charge in [0.1, 0.15) is 0 Å². The van der Waals surface area contributed by atoms with Crippen LogP contribution in [0.25, 0.3) is 0 Å². The molecule has 26 heavy (non-hydrogen) atoms. The Labute approximate surface area is 163 Å². The summed E-state index contributed by atoms with van der Waals surface area (Å²) in [7, 11) is 1.66. The Hall–Kier alpha value is -1.92. The first-order valence-electron chi connectivity index (χ1n) is 8.29. The first kappa shape index (κ1) is 20.4. The number of hydrogen-bond acceptors (Lipinski definition) is 4. The molecule has 0 aliphatic heterocycles. The fourth-order valence-corrected chi connectivity index (χ4v) is 3.77. The fraction of sp³-hybridized carbons (Fsp3) is 0.300. The van der Waals surface area contributed by atoms with Gasteiger partial charge in [-0.3, -0.25) is 9.59 Å². The standard InChI is InChI=1S/C20H24N2O2S2/c1-15-8-10-16(11-9-15)13-26-14-20(24)22(2)12-19(23)21-17-6-4-5-7-18(17)25-3/h4-11H,12-14H2,1-3H3,(H,21,23). The van der Waals surface area contributed by atoms with Gasteiger partial charge in [0, 0.05) is 17.7 Å². The van der Waals surface area contributed by atoms with Crippen molar-refractivity contribution in [3.63, 3.8) is 0 Å². The van der Waals surface area contributed by atoms with Crippen molar-refractivity contribution in [3.05, 3.63) is 59.7 Å². The monoisotopic (exact) mass is 388 g/mol. The van der Waals surface area contributed by atoms with Crippen molar-refractivity contribution in [2.24, 2.45) is 0 Å². The molecule has 6 heteroatoms. The molecule has 0 aliphatic rings. The molecule has 4 nitrogen and oxygen atoms in total. The van der Waals surface area contributed by atoms with Crippen molar-refractivity contribution in [3.8, 4) is 0 Å². The van der Waals surface area contributed by atoms with Gasteiger partial charge in [-0.15, -0.1) is 23.5 Å². The Morgan fingerprint density at radius 3 is 2.46 bits per heavy atom. The quantitative estimate of drug-likeness (QED) is 0.693. The van der Waals surface area contributed by atoms with Gasteiger partial charge in [-0.2, -0.15) is 0 Å². The van der Waals surface area contributed by atoms with E-state index in [1.807, 2.05) is 30.5 Å². The number of para-hydroxylation sites is 1. The number of nitrogens with zero attached hydrogens (tertiary/aromatic N) is 1. The number of hydrogen-bond donors (Lipinski definition) is 1. The number of amides is 2. The SMILES string of the molecule is CSc1ccccc1NC(=O)CN(C)C(=O)CSCc1ccc(C)cc1. The van der Waals surface area contributed by atoms with Crippen molar-refractivity contribution in [2.45, 2.75) is 17.6 Å². The van der Waals surface area contributed by atoms with Crippen molar-refractivity contribution in [1.82, 2.24) is 4.90 Å². The van der Waals surface area contributed by atoms with Gasteiger partial charge in [0.2, 0.25) is 11.8 Å². The highest BCUT2D eigenvalue weighted by atomic mass is 32.2. The van der Waals surface area contributed by atoms with E-state index >= 15 is 0 Å². The molecule has 2 aromatic rings. The lowest BCUT2D eigenvalue weighted by Gasteiger charge is -2.17. The summed E-state index contributed by atoms with van der Waals surface area (Å²) in [6.07, 6.45) is 1.96. The minimum atomic E-state index is -0.189. The van der Waals surface area contributed by atoms with Gasteiger partial charge in [-0.1, -0.05) is 42.0 Å². The highest BCUT2D eigenvalue weighted by Crippen LogP contribution is 2.24. The van der Waals surface area contributed by atoms with Gasteiger partial charge in [-0.05, 0) is 30.9 Å². The van der Waals surface area contributed by atoms with E-state index in [-0.39, 0.29) is 18.4 Å². The van der Waals surface area contributed by atoms with E-state index in [9.17, 15) is 9.59 Å². The van der Waals surface area contributed by atoms with Crippen molar-refractivity contribution < 1.29 is 9.59 Å². The number of thioether (sulfide) groups is 2. The topological polar surface area (TPSA) is 49.4 Å². The van der Waals surface area contributed by atoms with Gasteiger partial charge in [-0.25, -0.2) is 0 Å². The molecule has 0 aromatic heterocycles. The summed E-state index contributed by atoms with van der Waals surface area (Å²) in [5.41, 5.74) is 3.20. The third-order valence-electron chi connectivity index (χ3n) is 3.80. The second-order valence-electron chi connectivity index (χ2n) is 5.98. The van der Waals surface area contributed by atoms with Crippen LogP contribution in [0.2, 0.25) is 0 Å². The number of likely N-dealkylation sites (N-methyl/N-ethyl adjacent to an activating group) is 1. The fourth-order valence-electron chi connectivity index (χ4n) is 2.29. The summed E-state index contributed by atoms with van der Waals surface area (Å²) in [5, 5.41) is 2.87. The maximum Gasteiger partial charge on any atom is 0.244 e. The van der Waals surface area contributed by atoms with Crippen LogP contribution >= 0.6 is 23.5 Å². The van der Waals surface area contributed by atoms with E-state index in [1.54, 1.807) is 30.6 Å². The summed E-state index contributed by atoms with van der Waals surface area (Å²) in [6, 6.07) is 15.9. The van der Waals surface area contributed by atoms with Gasteiger partial charge in [0.15, 0.2) is 0 Å². The largest absolute Gasteiger partial charge is 0.336 e. The lowest BCUT2D eigenvalue weighted by atomic mass is 10.2. The summed E-state index contributed by atoms with van der Waals surface area (Å²) in [5.74, 6) is 0.910. The third kappa shape index (κ3) is 6.42. The van der Waals surface area contributed by atoms with E-state index in [1.165, 1.54) is 16.0 Å². The summed E-state index contributed by atoms with van der Waals surface area (Å²) < 4.78 is 0. The van der Waals surface area contributed by atoms with Crippen molar-refractivity contribution in [2.75, 3.05) is 30.9 Å². The molecule has 0 unspecified atom stereocenters. The Morgan fingerprint density at radius 1 is 1.08 bits per heavy atom. The number of aryl methyl sites for hydroxylation is 1. The number of carbonyl (C=O) groups is 2. The molecular formula is C20H24N2O2S2. The maximum atomic E-state index is 12.2. The smallest absolute Gasteiger partial charge is 0.244 e. The van der Waals surface area contributed by atoms with Crippen molar-refractivity contribution in [1.29, 1.82) is 0 Å². The lowest BCUT2D eigenvalue weighted by Crippen LogP contribution is -2.36. The molecule has 2 aromatic carbocycles. The Kier molecular flexibility index (Phi) is 8.06. The molecule has 0 saturated heterocycles. The molecule has 0 fully saturated rings. The molecule has 0 bridgehead atoms. The Bertz CT molecular complexity index is 748. The van der Waals surface area contributed by atoms with Gasteiger partial charge in [0.05, 0.1) is 18.0 Å². The minimum absolute atomic E-state index is 0.0459. The van der Waals surface area contributed by atoms with E-state index in [0.717, 1.165) is 16.3 Å². The lowest BCUT2D eigenvalue weighted by molar-refractivity contribution is -0.131. The zero-order chi connectivity index (χ0) is 18.9. The highest BCUT2D eigenvalue weighted by Gasteiger charge is 2.14. The Balaban J connectivity index is 1.77. The molecule has 0 aliphatic carbocycles. The molecular weight excluding hydrogens is 364 g/mol. The van der Waals surface area contributed by atoms with E-state index in [4.69, 9.17) is 0 Å². The molecule has 0 saturated carbocycles. The number of nitrogens with one attached hydrogen (secondary N) is 1. The summed E-state index contributed by atoms with van der Waals surface area (Å²) in [4.78, 5) is 26.9. The zero-order valence-electron chi connectivity index (χ0n) is 15.3. The molecule has 0 atom stereocenters. The molecule has 1 N–H and O–H groups in total. The van der Waals surface area contributed by atoms with E-state index in [2.05, 4.69) is 36.5 Å². The average molecular weight is 389 g/mol. The second kappa shape index (κ2) is 10.3. The number of rotatable bonds is 8. The summed E-state index contributed by atoms with van der Waals surface area (Å²) in [6.45, 7) is 2.10. The van der Waals surface area contributed by atoms with Crippen LogP contribution in [0.1, 0.15) is 11.1 Å². The average Bonchev–Trinajstić information content (AvgIpc) is 2.63. The van der Waals surface area contributed by atoms with E-state index < -0.39 is 0 Å². The molecule has 0 spiro atoms. The van der Waals surface area contributed by atoms with Gasteiger partial charge < -0.3 is 10.2 Å². The zero-order valence-corrected chi connectivity index (χ0v) is 17.0. The second-order valence-corrected chi connectivity index (χ2v) is 7.81. The van der Waals surface area contributed by atoms with Crippen LogP contribution in [-0.2, 0) is 15.3 Å². The molecule has 2 amide bonds. The van der Waals surface area contributed by atoms with Crippen LogP contribution < -0.4 is 5.32 Å².